The SMILES string of the molecule is CS(=O)[O-].[CH3-].[Li+]. The second-order valence-corrected chi connectivity index (χ2v) is 1.20. The van der Waals surface area contributed by atoms with Crippen molar-refractivity contribution < 1.29 is 27.6 Å². The summed E-state index contributed by atoms with van der Waals surface area (Å²) in [4.78, 5) is 0. The molecule has 0 bridgehead atoms. The summed E-state index contributed by atoms with van der Waals surface area (Å²) in [5.41, 5.74) is 0. The van der Waals surface area contributed by atoms with Gasteiger partial charge in [-0.15, -0.1) is 0 Å². The molecule has 34 valence electrons. The Morgan fingerprint density at radius 1 is 1.67 bits per heavy atom. The molecule has 0 aliphatic heterocycles. The van der Waals surface area contributed by atoms with Gasteiger partial charge in [0.05, 0.1) is 0 Å². The van der Waals surface area contributed by atoms with E-state index in [4.69, 9.17) is 8.76 Å². The topological polar surface area (TPSA) is 40.1 Å². The van der Waals surface area contributed by atoms with Crippen molar-refractivity contribution in [3.8, 4) is 0 Å². The molecule has 4 heteroatoms. The third-order valence-corrected chi connectivity index (χ3v) is 0. The Morgan fingerprint density at radius 3 is 1.67 bits per heavy atom. The Labute approximate surface area is 52.8 Å². The van der Waals surface area contributed by atoms with Gasteiger partial charge in [-0.3, -0.25) is 4.21 Å². The first-order valence-electron chi connectivity index (χ1n) is 0.742. The first kappa shape index (κ1) is 15.9. The molecular weight excluding hydrogens is 95.0 g/mol. The molecule has 0 amide bonds. The van der Waals surface area contributed by atoms with E-state index < -0.39 is 11.1 Å². The normalized spacial score (nSPS) is 10.3. The predicted octanol–water partition coefficient (Wildman–Crippen LogP) is -3.05. The van der Waals surface area contributed by atoms with Crippen LogP contribution in [0.15, 0.2) is 0 Å². The molecule has 0 radical (unpaired) electrons. The molecule has 0 saturated carbocycles. The van der Waals surface area contributed by atoms with E-state index in [0.29, 0.717) is 0 Å². The minimum atomic E-state index is -1.86. The number of hydrogen-bond acceptors (Lipinski definition) is 2. The molecule has 0 aromatic carbocycles. The van der Waals surface area contributed by atoms with Gasteiger partial charge in [0.1, 0.15) is 0 Å². The van der Waals surface area contributed by atoms with Crippen molar-refractivity contribution in [2.24, 2.45) is 0 Å². The van der Waals surface area contributed by atoms with Crippen LogP contribution in [0, 0.1) is 7.43 Å². The summed E-state index contributed by atoms with van der Waals surface area (Å²) in [7, 11) is 0. The van der Waals surface area contributed by atoms with E-state index in [1.165, 1.54) is 0 Å². The zero-order valence-corrected chi connectivity index (χ0v) is 5.04. The fraction of sp³-hybridized carbons (Fsp3) is 0.500. The summed E-state index contributed by atoms with van der Waals surface area (Å²) in [5, 5.41) is 0. The maximum Gasteiger partial charge on any atom is 1.00 e. The summed E-state index contributed by atoms with van der Waals surface area (Å²) < 4.78 is 18.0. The van der Waals surface area contributed by atoms with Gasteiger partial charge >= 0.3 is 18.9 Å². The van der Waals surface area contributed by atoms with Crippen molar-refractivity contribution in [1.82, 2.24) is 0 Å². The summed E-state index contributed by atoms with van der Waals surface area (Å²) in [5.74, 6) is 0. The maximum atomic E-state index is 9.00. The van der Waals surface area contributed by atoms with E-state index in [1.807, 2.05) is 0 Å². The summed E-state index contributed by atoms with van der Waals surface area (Å²) >= 11 is -1.86. The van der Waals surface area contributed by atoms with Gasteiger partial charge in [-0.1, -0.05) is 11.1 Å². The molecule has 0 aliphatic rings. The maximum absolute atomic E-state index is 9.00. The Kier molecular flexibility index (Phi) is 24.4. The van der Waals surface area contributed by atoms with E-state index in [9.17, 15) is 0 Å². The van der Waals surface area contributed by atoms with Crippen molar-refractivity contribution >= 4 is 11.1 Å². The van der Waals surface area contributed by atoms with E-state index in [0.717, 1.165) is 6.26 Å². The summed E-state index contributed by atoms with van der Waals surface area (Å²) in [6.45, 7) is 0. The summed E-state index contributed by atoms with van der Waals surface area (Å²) in [6.07, 6.45) is 1.08. The van der Waals surface area contributed by atoms with Crippen LogP contribution in [-0.2, 0) is 11.1 Å². The average Bonchev–Trinajstić information content (AvgIpc) is 0.811. The zero-order valence-electron chi connectivity index (χ0n) is 4.22. The van der Waals surface area contributed by atoms with Gasteiger partial charge in [0.15, 0.2) is 0 Å². The van der Waals surface area contributed by atoms with Crippen molar-refractivity contribution in [2.75, 3.05) is 6.26 Å². The van der Waals surface area contributed by atoms with Crippen LogP contribution in [0.4, 0.5) is 0 Å². The molecule has 1 unspecified atom stereocenters. The molecule has 0 aliphatic carbocycles. The van der Waals surface area contributed by atoms with Gasteiger partial charge in [0, 0.05) is 0 Å². The number of rotatable bonds is 0. The average molecular weight is 101 g/mol. The van der Waals surface area contributed by atoms with Crippen LogP contribution in [0.25, 0.3) is 0 Å². The van der Waals surface area contributed by atoms with Crippen LogP contribution in [0.5, 0.6) is 0 Å². The third-order valence-electron chi connectivity index (χ3n) is 0. The second kappa shape index (κ2) is 9.20. The molecule has 0 N–H and O–H groups in total. The van der Waals surface area contributed by atoms with Crippen LogP contribution in [0.1, 0.15) is 0 Å². The van der Waals surface area contributed by atoms with Crippen LogP contribution in [0.2, 0.25) is 0 Å². The molecule has 0 spiro atoms. The molecule has 0 saturated heterocycles. The molecule has 6 heavy (non-hydrogen) atoms. The predicted molar refractivity (Wildman–Crippen MR) is 21.3 cm³/mol. The molecule has 1 atom stereocenters. The van der Waals surface area contributed by atoms with Crippen LogP contribution in [0.3, 0.4) is 0 Å². The van der Waals surface area contributed by atoms with Crippen LogP contribution in [-0.4, -0.2) is 15.0 Å². The molecule has 0 aromatic rings. The standard InChI is InChI=1S/CH4O2S.CH3.Li/c1-4(2)3;;/h1H3,(H,2,3);1H3;/q;-1;+1/p-1. The zero-order chi connectivity index (χ0) is 3.58. The van der Waals surface area contributed by atoms with Gasteiger partial charge in [-0.2, -0.15) is 0 Å². The molecule has 0 fully saturated rings. The Hall–Kier alpha value is 0.707. The van der Waals surface area contributed by atoms with Crippen LogP contribution >= 0.6 is 0 Å². The van der Waals surface area contributed by atoms with Gasteiger partial charge in [0.25, 0.3) is 0 Å². The minimum Gasteiger partial charge on any atom is -0.773 e. The Morgan fingerprint density at radius 2 is 1.67 bits per heavy atom. The largest absolute Gasteiger partial charge is 1.00 e. The number of hydrogen-bond donors (Lipinski definition) is 0. The van der Waals surface area contributed by atoms with E-state index in [1.54, 1.807) is 0 Å². The van der Waals surface area contributed by atoms with Crippen LogP contribution < -0.4 is 18.9 Å². The first-order chi connectivity index (χ1) is 1.73. The fourth-order valence-electron chi connectivity index (χ4n) is 0. The van der Waals surface area contributed by atoms with E-state index in [-0.39, 0.29) is 26.3 Å². The Balaban J connectivity index is -0.0000000450. The van der Waals surface area contributed by atoms with Crippen molar-refractivity contribution in [3.63, 3.8) is 0 Å². The minimum absolute atomic E-state index is 0. The van der Waals surface area contributed by atoms with Gasteiger partial charge in [0.2, 0.25) is 0 Å². The van der Waals surface area contributed by atoms with Gasteiger partial charge in [-0.05, 0) is 6.26 Å². The molecule has 0 aromatic heterocycles. The van der Waals surface area contributed by atoms with Crippen molar-refractivity contribution in [3.05, 3.63) is 7.43 Å². The third kappa shape index (κ3) is 129. The molecule has 0 rings (SSSR count). The summed E-state index contributed by atoms with van der Waals surface area (Å²) in [6, 6.07) is 0. The van der Waals surface area contributed by atoms with E-state index in [2.05, 4.69) is 0 Å². The molecular formula is C2H6LiO2S-. The van der Waals surface area contributed by atoms with E-state index >= 15 is 0 Å². The Bertz CT molecular complexity index is 34.5. The van der Waals surface area contributed by atoms with Crippen molar-refractivity contribution in [2.45, 2.75) is 0 Å². The van der Waals surface area contributed by atoms with Gasteiger partial charge in [-0.25, -0.2) is 0 Å². The monoisotopic (exact) mass is 101 g/mol. The first-order valence-corrected chi connectivity index (χ1v) is 2.22. The molecule has 2 nitrogen and oxygen atoms in total. The molecule has 0 heterocycles. The van der Waals surface area contributed by atoms with Gasteiger partial charge < -0.3 is 12.0 Å². The van der Waals surface area contributed by atoms with Crippen molar-refractivity contribution in [1.29, 1.82) is 0 Å². The fourth-order valence-corrected chi connectivity index (χ4v) is 0. The second-order valence-electron chi connectivity index (χ2n) is 0.401. The smallest absolute Gasteiger partial charge is 0.773 e. The quantitative estimate of drug-likeness (QED) is 0.185.